The summed E-state index contributed by atoms with van der Waals surface area (Å²) in [6, 6.07) is 21.7. The maximum absolute atomic E-state index is 14.8. The number of halogens is 1. The summed E-state index contributed by atoms with van der Waals surface area (Å²) in [6.45, 7) is 3.72. The van der Waals surface area contributed by atoms with Crippen LogP contribution in [0.1, 0.15) is 48.3 Å². The molecular formula is C33H38FN5O2. The van der Waals surface area contributed by atoms with Crippen LogP contribution in [0.4, 0.5) is 14.9 Å². The molecule has 41 heavy (non-hydrogen) atoms. The number of benzene rings is 3. The highest BCUT2D eigenvalue weighted by molar-refractivity contribution is 5.98. The van der Waals surface area contributed by atoms with E-state index in [1.54, 1.807) is 17.0 Å². The highest BCUT2D eigenvalue weighted by Gasteiger charge is 2.33. The van der Waals surface area contributed by atoms with Gasteiger partial charge in [-0.1, -0.05) is 61.5 Å². The van der Waals surface area contributed by atoms with Crippen molar-refractivity contribution < 1.29 is 14.0 Å². The lowest BCUT2D eigenvalue weighted by molar-refractivity contribution is -0.118. The standard InChI is InChI=1S/C33H38FN5O2/c1-22(27-20-35-29-12-8-7-11-26(27)29)31(32(40)36-30-19-23(21-38(2)3)13-14-28(30)34)37-33(41)39-17-15-25(16-18-39)24-9-5-4-6-10-24/h4-14,19-20,22,25,31,35H,15-18,21H2,1-3H3,(H,36,40)(H,37,41). The number of H-pyrrole nitrogens is 1. The van der Waals surface area contributed by atoms with Crippen molar-refractivity contribution in [3.05, 3.63) is 102 Å². The van der Waals surface area contributed by atoms with E-state index in [0.29, 0.717) is 25.6 Å². The Labute approximate surface area is 240 Å². The molecule has 7 nitrogen and oxygen atoms in total. The van der Waals surface area contributed by atoms with Crippen molar-refractivity contribution >= 4 is 28.5 Å². The van der Waals surface area contributed by atoms with Crippen LogP contribution in [0.3, 0.4) is 0 Å². The lowest BCUT2D eigenvalue weighted by Crippen LogP contribution is -2.53. The Bertz CT molecular complexity index is 1490. The number of fused-ring (bicyclic) bond motifs is 1. The molecule has 3 aromatic carbocycles. The number of hydrogen-bond donors (Lipinski definition) is 3. The van der Waals surface area contributed by atoms with E-state index in [1.807, 2.05) is 74.6 Å². The zero-order valence-corrected chi connectivity index (χ0v) is 23.9. The largest absolute Gasteiger partial charge is 0.361 e. The molecule has 1 aromatic heterocycles. The first-order valence-corrected chi connectivity index (χ1v) is 14.2. The Kier molecular flexibility index (Phi) is 8.69. The molecule has 0 aliphatic carbocycles. The van der Waals surface area contributed by atoms with Crippen molar-refractivity contribution in [3.63, 3.8) is 0 Å². The Morgan fingerprint density at radius 1 is 1.02 bits per heavy atom. The van der Waals surface area contributed by atoms with E-state index in [9.17, 15) is 14.0 Å². The fourth-order valence-electron chi connectivity index (χ4n) is 5.78. The molecule has 4 aromatic rings. The number of anilines is 1. The molecule has 1 aliphatic rings. The molecule has 0 saturated carbocycles. The maximum Gasteiger partial charge on any atom is 0.318 e. The van der Waals surface area contributed by atoms with Crippen molar-refractivity contribution in [2.24, 2.45) is 0 Å². The lowest BCUT2D eigenvalue weighted by atomic mass is 9.89. The molecule has 2 atom stereocenters. The van der Waals surface area contributed by atoms with Crippen LogP contribution in [0, 0.1) is 5.82 Å². The van der Waals surface area contributed by atoms with Crippen LogP contribution in [0.2, 0.25) is 0 Å². The summed E-state index contributed by atoms with van der Waals surface area (Å²) < 4.78 is 14.8. The normalized spacial score (nSPS) is 15.6. The Morgan fingerprint density at radius 3 is 2.46 bits per heavy atom. The van der Waals surface area contributed by atoms with Gasteiger partial charge in [-0.3, -0.25) is 4.79 Å². The number of nitrogens with zero attached hydrogens (tertiary/aromatic N) is 2. The van der Waals surface area contributed by atoms with Gasteiger partial charge in [-0.2, -0.15) is 0 Å². The molecule has 1 aliphatic heterocycles. The fourth-order valence-corrected chi connectivity index (χ4v) is 5.78. The molecule has 1 fully saturated rings. The molecule has 3 amide bonds. The Hall–Kier alpha value is -4.17. The average molecular weight is 556 g/mol. The quantitative estimate of drug-likeness (QED) is 0.247. The van der Waals surface area contributed by atoms with Gasteiger partial charge in [0.05, 0.1) is 5.69 Å². The average Bonchev–Trinajstić information content (AvgIpc) is 3.42. The Morgan fingerprint density at radius 2 is 1.73 bits per heavy atom. The number of nitrogens with one attached hydrogen (secondary N) is 3. The highest BCUT2D eigenvalue weighted by atomic mass is 19.1. The van der Waals surface area contributed by atoms with Gasteiger partial charge in [-0.25, -0.2) is 9.18 Å². The third kappa shape index (κ3) is 6.60. The van der Waals surface area contributed by atoms with E-state index in [4.69, 9.17) is 0 Å². The summed E-state index contributed by atoms with van der Waals surface area (Å²) in [5, 5.41) is 6.77. The summed E-state index contributed by atoms with van der Waals surface area (Å²) >= 11 is 0. The number of rotatable bonds is 8. The highest BCUT2D eigenvalue weighted by Crippen LogP contribution is 2.30. The van der Waals surface area contributed by atoms with Crippen LogP contribution in [0.15, 0.2) is 79.0 Å². The van der Waals surface area contributed by atoms with Gasteiger partial charge in [-0.15, -0.1) is 0 Å². The second-order valence-corrected chi connectivity index (χ2v) is 11.2. The minimum Gasteiger partial charge on any atom is -0.361 e. The van der Waals surface area contributed by atoms with Crippen LogP contribution in [0.25, 0.3) is 10.9 Å². The number of amides is 3. The summed E-state index contributed by atoms with van der Waals surface area (Å²) in [7, 11) is 3.86. The summed E-state index contributed by atoms with van der Waals surface area (Å²) in [5.74, 6) is -0.961. The zero-order valence-electron chi connectivity index (χ0n) is 23.9. The van der Waals surface area contributed by atoms with E-state index < -0.39 is 17.8 Å². The second kappa shape index (κ2) is 12.6. The molecule has 5 rings (SSSR count). The van der Waals surface area contributed by atoms with E-state index in [0.717, 1.165) is 34.9 Å². The summed E-state index contributed by atoms with van der Waals surface area (Å²) in [6.07, 6.45) is 3.60. The van der Waals surface area contributed by atoms with Crippen molar-refractivity contribution in [2.75, 3.05) is 32.5 Å². The smallest absolute Gasteiger partial charge is 0.318 e. The molecule has 214 valence electrons. The second-order valence-electron chi connectivity index (χ2n) is 11.2. The number of hydrogen-bond acceptors (Lipinski definition) is 3. The van der Waals surface area contributed by atoms with Crippen molar-refractivity contribution in [2.45, 2.75) is 44.2 Å². The fraction of sp³-hybridized carbons (Fsp3) is 0.333. The van der Waals surface area contributed by atoms with Crippen molar-refractivity contribution in [1.82, 2.24) is 20.1 Å². The predicted molar refractivity (Wildman–Crippen MR) is 161 cm³/mol. The van der Waals surface area contributed by atoms with Crippen molar-refractivity contribution in [1.29, 1.82) is 0 Å². The number of urea groups is 1. The number of aromatic amines is 1. The molecule has 2 unspecified atom stereocenters. The first-order chi connectivity index (χ1) is 19.8. The van der Waals surface area contributed by atoms with Gasteiger partial charge in [-0.05, 0) is 67.7 Å². The first kappa shape index (κ1) is 28.4. The first-order valence-electron chi connectivity index (χ1n) is 14.2. The topological polar surface area (TPSA) is 80.5 Å². The van der Waals surface area contributed by atoms with Gasteiger partial charge in [0.2, 0.25) is 5.91 Å². The number of likely N-dealkylation sites (tertiary alicyclic amines) is 1. The molecule has 2 heterocycles. The SMILES string of the molecule is CC(c1c[nH]c2ccccc12)C(NC(=O)N1CCC(c2ccccc2)CC1)C(=O)Nc1cc(CN(C)C)ccc1F. The summed E-state index contributed by atoms with van der Waals surface area (Å²) in [5.41, 5.74) is 4.12. The Balaban J connectivity index is 1.36. The van der Waals surface area contributed by atoms with E-state index in [-0.39, 0.29) is 17.6 Å². The van der Waals surface area contributed by atoms with E-state index in [1.165, 1.54) is 11.6 Å². The molecule has 0 radical (unpaired) electrons. The zero-order chi connectivity index (χ0) is 28.9. The lowest BCUT2D eigenvalue weighted by Gasteiger charge is -2.34. The van der Waals surface area contributed by atoms with Crippen LogP contribution in [-0.2, 0) is 11.3 Å². The number of carbonyl (C=O) groups excluding carboxylic acids is 2. The minimum atomic E-state index is -0.926. The van der Waals surface area contributed by atoms with Gasteiger partial charge in [0.15, 0.2) is 0 Å². The van der Waals surface area contributed by atoms with Gasteiger partial charge in [0.25, 0.3) is 0 Å². The predicted octanol–water partition coefficient (Wildman–Crippen LogP) is 6.07. The van der Waals surface area contributed by atoms with Crippen LogP contribution in [0.5, 0.6) is 0 Å². The van der Waals surface area contributed by atoms with E-state index >= 15 is 0 Å². The third-order valence-electron chi connectivity index (χ3n) is 8.01. The van der Waals surface area contributed by atoms with Gasteiger partial charge < -0.3 is 25.4 Å². The van der Waals surface area contributed by atoms with Crippen molar-refractivity contribution in [3.8, 4) is 0 Å². The molecule has 1 saturated heterocycles. The van der Waals surface area contributed by atoms with Crippen LogP contribution in [-0.4, -0.2) is 59.9 Å². The molecule has 0 bridgehead atoms. The molecule has 8 heteroatoms. The maximum atomic E-state index is 14.8. The van der Waals surface area contributed by atoms with Gasteiger partial charge in [0.1, 0.15) is 11.9 Å². The monoisotopic (exact) mass is 555 g/mol. The molecular weight excluding hydrogens is 517 g/mol. The summed E-state index contributed by atoms with van der Waals surface area (Å²) in [4.78, 5) is 34.3. The molecule has 0 spiro atoms. The number of piperidine rings is 1. The van der Waals surface area contributed by atoms with Crippen LogP contribution >= 0.6 is 0 Å². The number of para-hydroxylation sites is 1. The molecule has 3 N–H and O–H groups in total. The van der Waals surface area contributed by atoms with Gasteiger partial charge in [0, 0.05) is 42.7 Å². The van der Waals surface area contributed by atoms with Gasteiger partial charge >= 0.3 is 6.03 Å². The number of carbonyl (C=O) groups is 2. The van der Waals surface area contributed by atoms with Crippen LogP contribution < -0.4 is 10.6 Å². The number of aromatic nitrogens is 1. The minimum absolute atomic E-state index is 0.100. The third-order valence-corrected chi connectivity index (χ3v) is 8.01. The van der Waals surface area contributed by atoms with E-state index in [2.05, 4.69) is 27.8 Å².